The van der Waals surface area contributed by atoms with Gasteiger partial charge in [0.2, 0.25) is 5.91 Å². The second-order valence-corrected chi connectivity index (χ2v) is 7.83. The third kappa shape index (κ3) is 4.84. The van der Waals surface area contributed by atoms with Crippen LogP contribution in [0.4, 0.5) is 4.39 Å². The first-order valence-electron chi connectivity index (χ1n) is 10.0. The van der Waals surface area contributed by atoms with E-state index in [-0.39, 0.29) is 11.7 Å². The Hall–Kier alpha value is -2.53. The number of hydrogen-bond acceptors (Lipinski definition) is 3. The van der Waals surface area contributed by atoms with E-state index in [0.29, 0.717) is 0 Å². The zero-order valence-electron chi connectivity index (χ0n) is 15.9. The molecule has 0 spiro atoms. The summed E-state index contributed by atoms with van der Waals surface area (Å²) in [5.74, 6) is 2.11. The molecule has 1 aromatic heterocycles. The molecule has 0 bridgehead atoms. The fourth-order valence-electron chi connectivity index (χ4n) is 4.35. The largest absolute Gasteiger partial charge is 0.353 e. The number of nitrogens with zero attached hydrogens (tertiary/aromatic N) is 2. The van der Waals surface area contributed by atoms with E-state index in [9.17, 15) is 9.18 Å². The molecule has 1 aliphatic carbocycles. The predicted molar refractivity (Wildman–Crippen MR) is 108 cm³/mol. The van der Waals surface area contributed by atoms with Crippen LogP contribution in [0.3, 0.4) is 0 Å². The normalized spacial score (nSPS) is 23.7. The van der Waals surface area contributed by atoms with Gasteiger partial charge in [0.1, 0.15) is 5.82 Å². The van der Waals surface area contributed by atoms with Gasteiger partial charge in [0.25, 0.3) is 0 Å². The van der Waals surface area contributed by atoms with Gasteiger partial charge >= 0.3 is 0 Å². The molecular formula is C23H26FN3O. The molecule has 1 aromatic carbocycles. The lowest BCUT2D eigenvalue weighted by molar-refractivity contribution is -0.116. The Morgan fingerprint density at radius 2 is 2.00 bits per heavy atom. The first kappa shape index (κ1) is 18.8. The average molecular weight is 379 g/mol. The first-order valence-corrected chi connectivity index (χ1v) is 10.0. The third-order valence-corrected chi connectivity index (χ3v) is 5.97. The zero-order chi connectivity index (χ0) is 19.3. The summed E-state index contributed by atoms with van der Waals surface area (Å²) < 4.78 is 13.0. The van der Waals surface area contributed by atoms with Crippen molar-refractivity contribution in [1.82, 2.24) is 15.2 Å². The summed E-state index contributed by atoms with van der Waals surface area (Å²) in [4.78, 5) is 18.5. The lowest BCUT2D eigenvalue weighted by Gasteiger charge is -2.19. The number of benzene rings is 1. The van der Waals surface area contributed by atoms with Crippen LogP contribution in [0.5, 0.6) is 0 Å². The summed E-state index contributed by atoms with van der Waals surface area (Å²) >= 11 is 0. The van der Waals surface area contributed by atoms with Crippen LogP contribution in [-0.4, -0.2) is 42.0 Å². The molecule has 146 valence electrons. The van der Waals surface area contributed by atoms with Crippen molar-refractivity contribution in [3.8, 4) is 0 Å². The highest BCUT2D eigenvalue weighted by molar-refractivity contribution is 5.91. The number of fused-ring (bicyclic) bond motifs is 1. The van der Waals surface area contributed by atoms with E-state index in [4.69, 9.17) is 0 Å². The van der Waals surface area contributed by atoms with Gasteiger partial charge in [0, 0.05) is 44.6 Å². The Labute approximate surface area is 165 Å². The molecule has 4 nitrogen and oxygen atoms in total. The number of pyridine rings is 1. The maximum Gasteiger partial charge on any atom is 0.244 e. The molecule has 2 aliphatic rings. The number of amides is 1. The molecule has 1 saturated heterocycles. The Morgan fingerprint density at radius 3 is 2.71 bits per heavy atom. The standard InChI is InChI=1S/C23H26FN3O/c24-19-6-3-17(4-7-19)10-13-27-15-21-20(22(21)16-27)9-12-26-23(28)8-5-18-2-1-11-25-14-18/h1-8,11,14,20-22H,9-10,12-13,15-16H2,(H,26,28)/b8-5+/t20?,21-,22+. The Balaban J connectivity index is 1.11. The van der Waals surface area contributed by atoms with Crippen molar-refractivity contribution < 1.29 is 9.18 Å². The van der Waals surface area contributed by atoms with Crippen molar-refractivity contribution in [3.63, 3.8) is 0 Å². The Bertz CT molecular complexity index is 810. The van der Waals surface area contributed by atoms with E-state index in [1.54, 1.807) is 24.5 Å². The first-order chi connectivity index (χ1) is 13.7. The van der Waals surface area contributed by atoms with E-state index < -0.39 is 0 Å². The van der Waals surface area contributed by atoms with Crippen LogP contribution in [0.25, 0.3) is 6.08 Å². The minimum absolute atomic E-state index is 0.0458. The SMILES string of the molecule is O=C(/C=C/c1cccnc1)NCCC1[C@H]2CN(CCc3ccc(F)cc3)C[C@@H]12. The zero-order valence-corrected chi connectivity index (χ0v) is 15.9. The number of likely N-dealkylation sites (tertiary alicyclic amines) is 1. The number of aromatic nitrogens is 1. The van der Waals surface area contributed by atoms with Gasteiger partial charge in [-0.2, -0.15) is 0 Å². The highest BCUT2D eigenvalue weighted by atomic mass is 19.1. The molecule has 5 heteroatoms. The van der Waals surface area contributed by atoms with Crippen LogP contribution in [0.15, 0.2) is 54.9 Å². The maximum absolute atomic E-state index is 13.0. The monoisotopic (exact) mass is 379 g/mol. The van der Waals surface area contributed by atoms with Gasteiger partial charge in [-0.3, -0.25) is 9.78 Å². The van der Waals surface area contributed by atoms with Gasteiger partial charge in [-0.25, -0.2) is 4.39 Å². The second kappa shape index (κ2) is 8.65. The predicted octanol–water partition coefficient (Wildman–Crippen LogP) is 3.16. The second-order valence-electron chi connectivity index (χ2n) is 7.83. The minimum atomic E-state index is -0.173. The van der Waals surface area contributed by atoms with Crippen molar-refractivity contribution in [2.45, 2.75) is 12.8 Å². The van der Waals surface area contributed by atoms with Crippen molar-refractivity contribution in [2.24, 2.45) is 17.8 Å². The number of hydrogen-bond donors (Lipinski definition) is 1. The molecule has 1 unspecified atom stereocenters. The van der Waals surface area contributed by atoms with Gasteiger partial charge in [0.15, 0.2) is 0 Å². The molecule has 0 radical (unpaired) electrons. The van der Waals surface area contributed by atoms with Gasteiger partial charge in [-0.15, -0.1) is 0 Å². The molecule has 2 fully saturated rings. The van der Waals surface area contributed by atoms with E-state index in [1.165, 1.54) is 17.7 Å². The molecule has 4 rings (SSSR count). The molecule has 1 amide bonds. The summed E-state index contributed by atoms with van der Waals surface area (Å²) in [6, 6.07) is 10.6. The Kier molecular flexibility index (Phi) is 5.81. The quantitative estimate of drug-likeness (QED) is 0.717. The molecule has 2 aromatic rings. The van der Waals surface area contributed by atoms with Crippen LogP contribution in [0.2, 0.25) is 0 Å². The molecular weight excluding hydrogens is 353 g/mol. The van der Waals surface area contributed by atoms with Gasteiger partial charge in [-0.1, -0.05) is 18.2 Å². The number of carbonyl (C=O) groups is 1. The summed E-state index contributed by atoms with van der Waals surface area (Å²) in [5.41, 5.74) is 2.12. The summed E-state index contributed by atoms with van der Waals surface area (Å²) in [6.45, 7) is 4.10. The maximum atomic E-state index is 13.0. The van der Waals surface area contributed by atoms with Crippen molar-refractivity contribution in [3.05, 3.63) is 71.8 Å². The smallest absolute Gasteiger partial charge is 0.244 e. The van der Waals surface area contributed by atoms with Crippen molar-refractivity contribution in [2.75, 3.05) is 26.2 Å². The molecule has 1 saturated carbocycles. The van der Waals surface area contributed by atoms with Crippen LogP contribution in [0.1, 0.15) is 17.5 Å². The van der Waals surface area contributed by atoms with Gasteiger partial charge in [-0.05, 0) is 66.0 Å². The summed E-state index contributed by atoms with van der Waals surface area (Å²) in [6.07, 6.45) is 8.84. The Morgan fingerprint density at radius 1 is 1.21 bits per heavy atom. The van der Waals surface area contributed by atoms with E-state index in [0.717, 1.165) is 62.3 Å². The molecule has 1 aliphatic heterocycles. The average Bonchev–Trinajstić information content (AvgIpc) is 3.17. The minimum Gasteiger partial charge on any atom is -0.353 e. The summed E-state index contributed by atoms with van der Waals surface area (Å²) in [7, 11) is 0. The lowest BCUT2D eigenvalue weighted by Crippen LogP contribution is -2.28. The molecule has 28 heavy (non-hydrogen) atoms. The highest BCUT2D eigenvalue weighted by Gasteiger charge is 2.54. The van der Waals surface area contributed by atoms with E-state index in [1.807, 2.05) is 24.3 Å². The molecule has 3 atom stereocenters. The lowest BCUT2D eigenvalue weighted by atomic mass is 10.1. The highest BCUT2D eigenvalue weighted by Crippen LogP contribution is 2.53. The number of halogens is 1. The van der Waals surface area contributed by atoms with Gasteiger partial charge < -0.3 is 10.2 Å². The number of carbonyl (C=O) groups excluding carboxylic acids is 1. The van der Waals surface area contributed by atoms with Crippen LogP contribution in [0, 0.1) is 23.6 Å². The van der Waals surface area contributed by atoms with Crippen LogP contribution >= 0.6 is 0 Å². The van der Waals surface area contributed by atoms with Gasteiger partial charge in [0.05, 0.1) is 0 Å². The molecule has 2 heterocycles. The molecule has 1 N–H and O–H groups in total. The van der Waals surface area contributed by atoms with Crippen molar-refractivity contribution >= 4 is 12.0 Å². The number of piperidine rings is 1. The summed E-state index contributed by atoms with van der Waals surface area (Å²) in [5, 5.41) is 2.99. The van der Waals surface area contributed by atoms with E-state index in [2.05, 4.69) is 15.2 Å². The fraction of sp³-hybridized carbons (Fsp3) is 0.391. The number of nitrogens with one attached hydrogen (secondary N) is 1. The van der Waals surface area contributed by atoms with Crippen LogP contribution < -0.4 is 5.32 Å². The topological polar surface area (TPSA) is 45.2 Å². The third-order valence-electron chi connectivity index (χ3n) is 5.97. The van der Waals surface area contributed by atoms with Crippen molar-refractivity contribution in [1.29, 1.82) is 0 Å². The van der Waals surface area contributed by atoms with E-state index >= 15 is 0 Å². The number of rotatable bonds is 8. The fourth-order valence-corrected chi connectivity index (χ4v) is 4.35. The van der Waals surface area contributed by atoms with Crippen LogP contribution in [-0.2, 0) is 11.2 Å².